The second-order valence-corrected chi connectivity index (χ2v) is 8.25. The fraction of sp³-hybridized carbons (Fsp3) is 0.222. The molecule has 8 heteroatoms. The van der Waals surface area contributed by atoms with Crippen LogP contribution < -0.4 is 9.62 Å². The zero-order valence-electron chi connectivity index (χ0n) is 14.0. The fourth-order valence-electron chi connectivity index (χ4n) is 3.18. The molecule has 0 radical (unpaired) electrons. The van der Waals surface area contributed by atoms with Gasteiger partial charge in [-0.3, -0.25) is 14.2 Å². The van der Waals surface area contributed by atoms with Crippen molar-refractivity contribution in [2.45, 2.75) is 12.8 Å². The van der Waals surface area contributed by atoms with Gasteiger partial charge in [0.05, 0.1) is 29.1 Å². The van der Waals surface area contributed by atoms with Crippen LogP contribution in [0.2, 0.25) is 0 Å². The summed E-state index contributed by atoms with van der Waals surface area (Å²) in [5.74, 6) is -0.0305. The number of hydrogen-bond donors (Lipinski definition) is 2. The van der Waals surface area contributed by atoms with Crippen molar-refractivity contribution in [1.82, 2.24) is 10.2 Å². The van der Waals surface area contributed by atoms with E-state index in [4.69, 9.17) is 0 Å². The lowest BCUT2D eigenvalue weighted by Crippen LogP contribution is -2.25. The first-order chi connectivity index (χ1) is 12.5. The number of para-hydroxylation sites is 1. The lowest BCUT2D eigenvalue weighted by molar-refractivity contribution is -0.115. The first-order valence-corrected chi connectivity index (χ1v) is 9.96. The molecule has 1 aliphatic rings. The number of amides is 1. The van der Waals surface area contributed by atoms with Crippen LogP contribution in [-0.4, -0.2) is 36.8 Å². The molecular formula is C18H18N4O3S. The molecule has 0 spiro atoms. The smallest absolute Gasteiger partial charge is 0.235 e. The third-order valence-corrected chi connectivity index (χ3v) is 6.26. The summed E-state index contributed by atoms with van der Waals surface area (Å²) in [7, 11) is -3.24. The second kappa shape index (κ2) is 6.45. The predicted octanol–water partition coefficient (Wildman–Crippen LogP) is 2.28. The van der Waals surface area contributed by atoms with E-state index in [-0.39, 0.29) is 18.1 Å². The normalized spacial score (nSPS) is 16.1. The lowest BCUT2D eigenvalue weighted by Gasteiger charge is -2.17. The summed E-state index contributed by atoms with van der Waals surface area (Å²) in [6.45, 7) is 0.472. The molecule has 2 aromatic carbocycles. The van der Waals surface area contributed by atoms with Crippen molar-refractivity contribution < 1.29 is 13.2 Å². The molecule has 134 valence electrons. The Morgan fingerprint density at radius 3 is 2.85 bits per heavy atom. The molecule has 26 heavy (non-hydrogen) atoms. The van der Waals surface area contributed by atoms with Crippen LogP contribution in [0.15, 0.2) is 48.5 Å². The molecule has 7 nitrogen and oxygen atoms in total. The van der Waals surface area contributed by atoms with Crippen molar-refractivity contribution in [3.63, 3.8) is 0 Å². The summed E-state index contributed by atoms with van der Waals surface area (Å²) in [5, 5.41) is 10.8. The van der Waals surface area contributed by atoms with E-state index in [0.717, 1.165) is 16.6 Å². The Kier molecular flexibility index (Phi) is 4.12. The van der Waals surface area contributed by atoms with Crippen molar-refractivity contribution in [2.24, 2.45) is 0 Å². The molecule has 2 heterocycles. The molecule has 2 N–H and O–H groups in total. The van der Waals surface area contributed by atoms with Crippen LogP contribution in [0.5, 0.6) is 0 Å². The van der Waals surface area contributed by atoms with Gasteiger partial charge in [0, 0.05) is 17.6 Å². The van der Waals surface area contributed by atoms with Crippen LogP contribution in [0.4, 0.5) is 11.4 Å². The molecule has 0 atom stereocenters. The first-order valence-electron chi connectivity index (χ1n) is 8.35. The quantitative estimate of drug-likeness (QED) is 0.737. The Bertz CT molecular complexity index is 1070. The third-order valence-electron chi connectivity index (χ3n) is 4.39. The minimum atomic E-state index is -3.24. The van der Waals surface area contributed by atoms with Gasteiger partial charge in [-0.05, 0) is 30.7 Å². The number of fused-ring (bicyclic) bond motifs is 1. The van der Waals surface area contributed by atoms with Crippen molar-refractivity contribution in [3.8, 4) is 0 Å². The average molecular weight is 370 g/mol. The number of nitrogens with one attached hydrogen (secondary N) is 2. The number of aromatic amines is 1. The van der Waals surface area contributed by atoms with E-state index in [1.807, 2.05) is 24.3 Å². The van der Waals surface area contributed by atoms with E-state index < -0.39 is 10.0 Å². The summed E-state index contributed by atoms with van der Waals surface area (Å²) in [6.07, 6.45) is 0.776. The van der Waals surface area contributed by atoms with E-state index in [1.165, 1.54) is 4.31 Å². The van der Waals surface area contributed by atoms with Crippen LogP contribution in [-0.2, 0) is 21.2 Å². The Balaban J connectivity index is 1.50. The molecular weight excluding hydrogens is 352 g/mol. The molecule has 0 unspecified atom stereocenters. The minimum Gasteiger partial charge on any atom is -0.326 e. The number of nitrogens with zero attached hydrogens (tertiary/aromatic N) is 2. The van der Waals surface area contributed by atoms with E-state index in [2.05, 4.69) is 15.5 Å². The number of carbonyl (C=O) groups excluding carboxylic acids is 1. The van der Waals surface area contributed by atoms with Gasteiger partial charge < -0.3 is 5.32 Å². The van der Waals surface area contributed by atoms with Crippen molar-refractivity contribution in [2.75, 3.05) is 21.9 Å². The molecule has 1 aliphatic heterocycles. The van der Waals surface area contributed by atoms with Crippen LogP contribution >= 0.6 is 0 Å². The van der Waals surface area contributed by atoms with Crippen LogP contribution in [0, 0.1) is 0 Å². The summed E-state index contributed by atoms with van der Waals surface area (Å²) < 4.78 is 25.5. The number of hydrogen-bond acceptors (Lipinski definition) is 4. The molecule has 4 rings (SSSR count). The van der Waals surface area contributed by atoms with Gasteiger partial charge in [-0.2, -0.15) is 5.10 Å². The topological polar surface area (TPSA) is 95.2 Å². The molecule has 1 aromatic heterocycles. The first kappa shape index (κ1) is 16.6. The minimum absolute atomic E-state index is 0.159. The summed E-state index contributed by atoms with van der Waals surface area (Å²) >= 11 is 0. The number of rotatable bonds is 4. The van der Waals surface area contributed by atoms with Gasteiger partial charge in [-0.25, -0.2) is 8.42 Å². The van der Waals surface area contributed by atoms with E-state index in [9.17, 15) is 13.2 Å². The standard InChI is InChI=1S/C18H18N4O3S/c23-18(12-17-15-7-1-2-8-16(15)20-21-17)19-13-5-3-6-14(11-13)22-9-4-10-26(22,24)25/h1-3,5-8,11H,4,9-10,12H2,(H,19,23)(H,20,21). The summed E-state index contributed by atoms with van der Waals surface area (Å²) in [6, 6.07) is 14.5. The SMILES string of the molecule is O=C(Cc1[nH]nc2ccccc12)Nc1cccc(N2CCCS2(=O)=O)c1. The van der Waals surface area contributed by atoms with Crippen molar-refractivity contribution in [3.05, 3.63) is 54.2 Å². The van der Waals surface area contributed by atoms with E-state index >= 15 is 0 Å². The van der Waals surface area contributed by atoms with E-state index in [1.54, 1.807) is 24.3 Å². The van der Waals surface area contributed by atoms with Gasteiger partial charge in [0.1, 0.15) is 0 Å². The molecule has 0 saturated carbocycles. The Labute approximate surface area is 151 Å². The van der Waals surface area contributed by atoms with Gasteiger partial charge in [-0.15, -0.1) is 0 Å². The number of H-pyrrole nitrogens is 1. The molecule has 1 amide bonds. The van der Waals surface area contributed by atoms with Crippen LogP contribution in [0.3, 0.4) is 0 Å². The maximum Gasteiger partial charge on any atom is 0.235 e. The third kappa shape index (κ3) is 3.15. The number of carbonyl (C=O) groups is 1. The van der Waals surface area contributed by atoms with Crippen molar-refractivity contribution in [1.29, 1.82) is 0 Å². The van der Waals surface area contributed by atoms with Crippen LogP contribution in [0.25, 0.3) is 10.9 Å². The number of aromatic nitrogens is 2. The maximum absolute atomic E-state index is 12.4. The Hall–Kier alpha value is -2.87. The maximum atomic E-state index is 12.4. The highest BCUT2D eigenvalue weighted by Crippen LogP contribution is 2.26. The zero-order chi connectivity index (χ0) is 18.1. The number of benzene rings is 2. The number of sulfonamides is 1. The monoisotopic (exact) mass is 370 g/mol. The number of anilines is 2. The van der Waals surface area contributed by atoms with Gasteiger partial charge in [0.2, 0.25) is 15.9 Å². The largest absolute Gasteiger partial charge is 0.326 e. The van der Waals surface area contributed by atoms with Gasteiger partial charge in [-0.1, -0.05) is 24.3 Å². The predicted molar refractivity (Wildman–Crippen MR) is 101 cm³/mol. The molecule has 3 aromatic rings. The van der Waals surface area contributed by atoms with Gasteiger partial charge in [0.15, 0.2) is 0 Å². The highest BCUT2D eigenvalue weighted by atomic mass is 32.2. The highest BCUT2D eigenvalue weighted by Gasteiger charge is 2.28. The highest BCUT2D eigenvalue weighted by molar-refractivity contribution is 7.93. The molecule has 1 fully saturated rings. The van der Waals surface area contributed by atoms with E-state index in [0.29, 0.717) is 24.3 Å². The van der Waals surface area contributed by atoms with Crippen LogP contribution in [0.1, 0.15) is 12.1 Å². The average Bonchev–Trinajstić information content (AvgIpc) is 3.18. The van der Waals surface area contributed by atoms with Gasteiger partial charge >= 0.3 is 0 Å². The summed E-state index contributed by atoms with van der Waals surface area (Å²) in [5.41, 5.74) is 2.71. The zero-order valence-corrected chi connectivity index (χ0v) is 14.8. The fourth-order valence-corrected chi connectivity index (χ4v) is 4.74. The molecule has 1 saturated heterocycles. The second-order valence-electron chi connectivity index (χ2n) is 6.24. The molecule has 0 aliphatic carbocycles. The van der Waals surface area contributed by atoms with Gasteiger partial charge in [0.25, 0.3) is 0 Å². The lowest BCUT2D eigenvalue weighted by atomic mass is 10.1. The Morgan fingerprint density at radius 2 is 2.04 bits per heavy atom. The summed E-state index contributed by atoms with van der Waals surface area (Å²) in [4.78, 5) is 12.4. The van der Waals surface area contributed by atoms with Crippen molar-refractivity contribution >= 4 is 38.2 Å². The molecule has 0 bridgehead atoms. The Morgan fingerprint density at radius 1 is 1.19 bits per heavy atom.